The van der Waals surface area contributed by atoms with Crippen molar-refractivity contribution in [1.82, 2.24) is 10.6 Å². The lowest BCUT2D eigenvalue weighted by atomic mass is 9.82. The third-order valence-corrected chi connectivity index (χ3v) is 4.60. The van der Waals surface area contributed by atoms with Crippen molar-refractivity contribution in [2.75, 3.05) is 0 Å². The van der Waals surface area contributed by atoms with E-state index in [4.69, 9.17) is 0 Å². The van der Waals surface area contributed by atoms with Crippen molar-refractivity contribution in [2.24, 2.45) is 5.41 Å². The van der Waals surface area contributed by atoms with Crippen molar-refractivity contribution >= 4 is 29.2 Å². The smallest absolute Gasteiger partial charge is 0.268 e. The molecule has 5 heteroatoms. The fourth-order valence-electron chi connectivity index (χ4n) is 3.20. The summed E-state index contributed by atoms with van der Waals surface area (Å²) in [6.45, 7) is 10.4. The Morgan fingerprint density at radius 1 is 1.00 bits per heavy atom. The van der Waals surface area contributed by atoms with Crippen LogP contribution in [0.15, 0.2) is 53.5 Å². The monoisotopic (exact) mass is 384 g/mol. The van der Waals surface area contributed by atoms with Crippen molar-refractivity contribution in [2.45, 2.75) is 46.6 Å². The molecule has 2 N–H and O–H groups in total. The van der Waals surface area contributed by atoms with E-state index in [9.17, 15) is 9.59 Å². The minimum atomic E-state index is -0.401. The molecule has 0 spiro atoms. The number of benzene rings is 1. The molecule has 0 aliphatic rings. The van der Waals surface area contributed by atoms with Gasteiger partial charge in [0.05, 0.1) is 0 Å². The standard InChI is InChI=1S/C22H28N2O2S/c1-21(2,3)15-22(4,5)24-20(26)18(14-17-12-9-13-27-17)23-19(25)16-10-7-6-8-11-16/h6-14H,15H2,1-5H3,(H,23,25)(H,24,26)/b18-14-. The zero-order chi connectivity index (χ0) is 20.1. The van der Waals surface area contributed by atoms with Crippen molar-refractivity contribution in [3.8, 4) is 0 Å². The first-order valence-electron chi connectivity index (χ1n) is 9.00. The molecule has 0 saturated carbocycles. The van der Waals surface area contributed by atoms with Gasteiger partial charge in [-0.3, -0.25) is 9.59 Å². The average Bonchev–Trinajstić information content (AvgIpc) is 3.05. The van der Waals surface area contributed by atoms with E-state index < -0.39 is 5.54 Å². The highest BCUT2D eigenvalue weighted by Gasteiger charge is 2.28. The quantitative estimate of drug-likeness (QED) is 0.700. The molecule has 2 aromatic rings. The summed E-state index contributed by atoms with van der Waals surface area (Å²) in [5.41, 5.74) is 0.424. The fourth-order valence-corrected chi connectivity index (χ4v) is 3.86. The number of nitrogens with one attached hydrogen (secondary N) is 2. The summed E-state index contributed by atoms with van der Waals surface area (Å²) in [6, 6.07) is 12.7. The Morgan fingerprint density at radius 2 is 1.67 bits per heavy atom. The van der Waals surface area contributed by atoms with E-state index in [1.165, 1.54) is 11.3 Å². The normalized spacial score (nSPS) is 12.6. The van der Waals surface area contributed by atoms with E-state index in [1.54, 1.807) is 30.3 Å². The molecule has 2 amide bonds. The van der Waals surface area contributed by atoms with E-state index in [2.05, 4.69) is 31.4 Å². The summed E-state index contributed by atoms with van der Waals surface area (Å²) in [5, 5.41) is 7.77. The summed E-state index contributed by atoms with van der Waals surface area (Å²) in [7, 11) is 0. The highest BCUT2D eigenvalue weighted by Crippen LogP contribution is 2.27. The Morgan fingerprint density at radius 3 is 2.22 bits per heavy atom. The van der Waals surface area contributed by atoms with Gasteiger partial charge in [0.1, 0.15) is 5.70 Å². The van der Waals surface area contributed by atoms with E-state index in [-0.39, 0.29) is 22.9 Å². The molecule has 0 radical (unpaired) electrons. The number of rotatable bonds is 6. The number of hydrogen-bond donors (Lipinski definition) is 2. The second kappa shape index (κ2) is 8.53. The molecular weight excluding hydrogens is 356 g/mol. The topological polar surface area (TPSA) is 58.2 Å². The summed E-state index contributed by atoms with van der Waals surface area (Å²) >= 11 is 1.51. The van der Waals surface area contributed by atoms with Gasteiger partial charge in [-0.1, -0.05) is 45.0 Å². The molecule has 4 nitrogen and oxygen atoms in total. The number of carbonyl (C=O) groups is 2. The van der Waals surface area contributed by atoms with Gasteiger partial charge in [-0.05, 0) is 55.3 Å². The number of carbonyl (C=O) groups excluding carboxylic acids is 2. The van der Waals surface area contributed by atoms with Crippen LogP contribution in [0.25, 0.3) is 6.08 Å². The van der Waals surface area contributed by atoms with E-state index >= 15 is 0 Å². The highest BCUT2D eigenvalue weighted by atomic mass is 32.1. The Balaban J connectivity index is 2.22. The van der Waals surface area contributed by atoms with E-state index in [0.717, 1.165) is 11.3 Å². The molecular formula is C22H28N2O2S. The summed E-state index contributed by atoms with van der Waals surface area (Å²) in [5.74, 6) is -0.593. The summed E-state index contributed by atoms with van der Waals surface area (Å²) < 4.78 is 0. The van der Waals surface area contributed by atoms with Crippen LogP contribution in [-0.4, -0.2) is 17.4 Å². The van der Waals surface area contributed by atoms with E-state index in [1.807, 2.05) is 37.4 Å². The first-order chi connectivity index (χ1) is 12.6. The molecule has 0 bridgehead atoms. The van der Waals surface area contributed by atoms with Crippen molar-refractivity contribution in [1.29, 1.82) is 0 Å². The lowest BCUT2D eigenvalue weighted by molar-refractivity contribution is -0.119. The number of hydrogen-bond acceptors (Lipinski definition) is 3. The largest absolute Gasteiger partial charge is 0.346 e. The van der Waals surface area contributed by atoms with Gasteiger partial charge in [-0.15, -0.1) is 11.3 Å². The molecule has 0 aliphatic heterocycles. The van der Waals surface area contributed by atoms with Gasteiger partial charge in [-0.25, -0.2) is 0 Å². The second-order valence-corrected chi connectivity index (χ2v) is 9.45. The van der Waals surface area contributed by atoms with Crippen LogP contribution in [0.3, 0.4) is 0 Å². The molecule has 27 heavy (non-hydrogen) atoms. The van der Waals surface area contributed by atoms with Crippen LogP contribution in [0.2, 0.25) is 0 Å². The van der Waals surface area contributed by atoms with Gasteiger partial charge in [0.25, 0.3) is 11.8 Å². The molecule has 2 rings (SSSR count). The van der Waals surface area contributed by atoms with Gasteiger partial charge in [-0.2, -0.15) is 0 Å². The van der Waals surface area contributed by atoms with Crippen LogP contribution in [0, 0.1) is 5.41 Å². The summed E-state index contributed by atoms with van der Waals surface area (Å²) in [6.07, 6.45) is 2.53. The van der Waals surface area contributed by atoms with Gasteiger partial charge >= 0.3 is 0 Å². The predicted molar refractivity (Wildman–Crippen MR) is 112 cm³/mol. The molecule has 0 atom stereocenters. The van der Waals surface area contributed by atoms with Crippen LogP contribution in [-0.2, 0) is 4.79 Å². The predicted octanol–water partition coefficient (Wildman–Crippen LogP) is 4.85. The van der Waals surface area contributed by atoms with Gasteiger partial charge < -0.3 is 10.6 Å². The molecule has 1 aromatic carbocycles. The minimum absolute atomic E-state index is 0.0711. The zero-order valence-corrected chi connectivity index (χ0v) is 17.4. The molecule has 0 saturated heterocycles. The Labute approximate surface area is 165 Å². The molecule has 1 aromatic heterocycles. The lowest BCUT2D eigenvalue weighted by Gasteiger charge is -2.33. The van der Waals surface area contributed by atoms with Crippen LogP contribution in [0.5, 0.6) is 0 Å². The van der Waals surface area contributed by atoms with Crippen molar-refractivity contribution < 1.29 is 9.59 Å². The Kier molecular flexibility index (Phi) is 6.60. The number of amides is 2. The zero-order valence-electron chi connectivity index (χ0n) is 16.6. The number of thiophene rings is 1. The van der Waals surface area contributed by atoms with Crippen molar-refractivity contribution in [3.05, 3.63) is 64.0 Å². The molecule has 144 valence electrons. The third-order valence-electron chi connectivity index (χ3n) is 3.78. The maximum absolute atomic E-state index is 12.9. The van der Waals surface area contributed by atoms with Crippen LogP contribution < -0.4 is 10.6 Å². The van der Waals surface area contributed by atoms with Crippen LogP contribution in [0.1, 0.15) is 56.3 Å². The van der Waals surface area contributed by atoms with Gasteiger partial charge in [0.15, 0.2) is 0 Å². The lowest BCUT2D eigenvalue weighted by Crippen LogP contribution is -2.48. The van der Waals surface area contributed by atoms with Crippen LogP contribution in [0.4, 0.5) is 0 Å². The van der Waals surface area contributed by atoms with E-state index in [0.29, 0.717) is 5.56 Å². The van der Waals surface area contributed by atoms with Gasteiger partial charge in [0.2, 0.25) is 0 Å². The second-order valence-electron chi connectivity index (χ2n) is 8.47. The molecule has 1 heterocycles. The molecule has 0 unspecified atom stereocenters. The first-order valence-corrected chi connectivity index (χ1v) is 9.88. The highest BCUT2D eigenvalue weighted by molar-refractivity contribution is 7.10. The maximum Gasteiger partial charge on any atom is 0.268 e. The first kappa shape index (κ1) is 20.9. The third kappa shape index (κ3) is 7.02. The maximum atomic E-state index is 12.9. The fraction of sp³-hybridized carbons (Fsp3) is 0.364. The average molecular weight is 385 g/mol. The molecule has 0 aliphatic carbocycles. The summed E-state index contributed by atoms with van der Waals surface area (Å²) in [4.78, 5) is 26.4. The van der Waals surface area contributed by atoms with Crippen molar-refractivity contribution in [3.63, 3.8) is 0 Å². The van der Waals surface area contributed by atoms with Crippen LogP contribution >= 0.6 is 11.3 Å². The minimum Gasteiger partial charge on any atom is -0.346 e. The molecule has 0 fully saturated rings. The SMILES string of the molecule is CC(C)(C)CC(C)(C)NC(=O)/C(=C/c1cccs1)NC(=O)c1ccccc1. The Hall–Kier alpha value is -2.40. The Bertz CT molecular complexity index is 801. The van der Waals surface area contributed by atoms with Gasteiger partial charge in [0, 0.05) is 16.0 Å².